The van der Waals surface area contributed by atoms with E-state index in [0.29, 0.717) is 16.3 Å². The highest BCUT2D eigenvalue weighted by Crippen LogP contribution is 2.28. The van der Waals surface area contributed by atoms with Crippen LogP contribution in [-0.2, 0) is 4.79 Å². The van der Waals surface area contributed by atoms with Gasteiger partial charge in [0.15, 0.2) is 0 Å². The zero-order chi connectivity index (χ0) is 19.4. The minimum absolute atomic E-state index is 0.145. The molecule has 1 heterocycles. The average molecular weight is 383 g/mol. The van der Waals surface area contributed by atoms with Crippen molar-refractivity contribution in [3.8, 4) is 10.6 Å². The standard InChI is InChI=1S/C20H18FN3O2S/c1-13-18(27-19(22-13)14-7-4-3-5-8-14)20(26)24(2)12-17(25)23-16-10-6-9-15(21)11-16/h3-11H,12H2,1-2H3,(H,23,25). The molecular weight excluding hydrogens is 365 g/mol. The first-order valence-electron chi connectivity index (χ1n) is 8.28. The molecule has 0 spiro atoms. The summed E-state index contributed by atoms with van der Waals surface area (Å²) >= 11 is 1.30. The predicted molar refractivity (Wildman–Crippen MR) is 104 cm³/mol. The second-order valence-electron chi connectivity index (χ2n) is 6.02. The topological polar surface area (TPSA) is 62.3 Å². The van der Waals surface area contributed by atoms with Crippen LogP contribution < -0.4 is 5.32 Å². The Hall–Kier alpha value is -3.06. The van der Waals surface area contributed by atoms with Crippen LogP contribution in [0.1, 0.15) is 15.4 Å². The van der Waals surface area contributed by atoms with Crippen molar-refractivity contribution in [2.45, 2.75) is 6.92 Å². The number of nitrogens with one attached hydrogen (secondary N) is 1. The molecule has 0 aliphatic carbocycles. The van der Waals surface area contributed by atoms with Gasteiger partial charge in [-0.1, -0.05) is 36.4 Å². The minimum atomic E-state index is -0.439. The minimum Gasteiger partial charge on any atom is -0.332 e. The van der Waals surface area contributed by atoms with E-state index in [1.54, 1.807) is 20.0 Å². The van der Waals surface area contributed by atoms with Crippen LogP contribution in [0.4, 0.5) is 10.1 Å². The van der Waals surface area contributed by atoms with E-state index in [9.17, 15) is 14.0 Å². The van der Waals surface area contributed by atoms with Crippen molar-refractivity contribution in [2.75, 3.05) is 18.9 Å². The number of hydrogen-bond acceptors (Lipinski definition) is 4. The smallest absolute Gasteiger partial charge is 0.266 e. The molecule has 1 N–H and O–H groups in total. The van der Waals surface area contributed by atoms with Crippen molar-refractivity contribution in [2.24, 2.45) is 0 Å². The Bertz CT molecular complexity index is 972. The molecule has 0 saturated heterocycles. The van der Waals surface area contributed by atoms with Gasteiger partial charge < -0.3 is 10.2 Å². The number of halogens is 1. The Morgan fingerprint density at radius 3 is 2.59 bits per heavy atom. The third-order valence-electron chi connectivity index (χ3n) is 3.85. The van der Waals surface area contributed by atoms with Gasteiger partial charge in [0, 0.05) is 18.3 Å². The summed E-state index contributed by atoms with van der Waals surface area (Å²) < 4.78 is 13.2. The van der Waals surface area contributed by atoms with Crippen molar-refractivity contribution in [3.05, 3.63) is 71.0 Å². The predicted octanol–water partition coefficient (Wildman–Crippen LogP) is 3.97. The summed E-state index contributed by atoms with van der Waals surface area (Å²) in [7, 11) is 1.55. The number of aryl methyl sites for hydroxylation is 1. The Morgan fingerprint density at radius 2 is 1.89 bits per heavy atom. The number of rotatable bonds is 5. The van der Waals surface area contributed by atoms with Crippen LogP contribution in [0.25, 0.3) is 10.6 Å². The van der Waals surface area contributed by atoms with Gasteiger partial charge in [0.1, 0.15) is 15.7 Å². The van der Waals surface area contributed by atoms with Crippen molar-refractivity contribution < 1.29 is 14.0 Å². The van der Waals surface area contributed by atoms with Gasteiger partial charge in [-0.25, -0.2) is 9.37 Å². The van der Waals surface area contributed by atoms with Crippen LogP contribution >= 0.6 is 11.3 Å². The van der Waals surface area contributed by atoms with E-state index in [0.717, 1.165) is 10.6 Å². The number of hydrogen-bond donors (Lipinski definition) is 1. The number of benzene rings is 2. The maximum absolute atomic E-state index is 13.2. The van der Waals surface area contributed by atoms with E-state index >= 15 is 0 Å². The van der Waals surface area contributed by atoms with E-state index in [1.807, 2.05) is 30.3 Å². The summed E-state index contributed by atoms with van der Waals surface area (Å²) in [6.07, 6.45) is 0. The second kappa shape index (κ2) is 8.09. The fraction of sp³-hybridized carbons (Fsp3) is 0.150. The first-order chi connectivity index (χ1) is 12.9. The Balaban J connectivity index is 1.68. The number of thiazole rings is 1. The van der Waals surface area contributed by atoms with E-state index in [2.05, 4.69) is 10.3 Å². The van der Waals surface area contributed by atoms with Crippen LogP contribution in [0.3, 0.4) is 0 Å². The third-order valence-corrected chi connectivity index (χ3v) is 5.04. The zero-order valence-corrected chi connectivity index (χ0v) is 15.7. The lowest BCUT2D eigenvalue weighted by Gasteiger charge is -2.16. The summed E-state index contributed by atoms with van der Waals surface area (Å²) in [5, 5.41) is 3.34. The molecule has 5 nitrogen and oxygen atoms in total. The van der Waals surface area contributed by atoms with Gasteiger partial charge in [0.2, 0.25) is 5.91 Å². The normalized spacial score (nSPS) is 10.5. The molecule has 2 aromatic carbocycles. The number of nitrogens with zero attached hydrogens (tertiary/aromatic N) is 2. The molecule has 3 aromatic rings. The number of aromatic nitrogens is 1. The van der Waals surface area contributed by atoms with Gasteiger partial charge in [0.05, 0.1) is 12.2 Å². The second-order valence-corrected chi connectivity index (χ2v) is 7.02. The van der Waals surface area contributed by atoms with Crippen molar-refractivity contribution in [1.29, 1.82) is 0 Å². The molecule has 138 valence electrons. The van der Waals surface area contributed by atoms with Gasteiger partial charge in [-0.15, -0.1) is 11.3 Å². The fourth-order valence-corrected chi connectivity index (χ4v) is 3.59. The number of anilines is 1. The molecule has 0 atom stereocenters. The quantitative estimate of drug-likeness (QED) is 0.725. The van der Waals surface area contributed by atoms with E-state index in [-0.39, 0.29) is 12.5 Å². The van der Waals surface area contributed by atoms with Crippen LogP contribution in [-0.4, -0.2) is 35.3 Å². The average Bonchev–Trinajstić information content (AvgIpc) is 3.03. The molecule has 0 radical (unpaired) electrons. The number of likely N-dealkylation sites (N-methyl/N-ethyl adjacent to an activating group) is 1. The largest absolute Gasteiger partial charge is 0.332 e. The van der Waals surface area contributed by atoms with Gasteiger partial charge in [-0.2, -0.15) is 0 Å². The molecule has 0 bridgehead atoms. The molecule has 0 unspecified atom stereocenters. The maximum atomic E-state index is 13.2. The molecule has 0 fully saturated rings. The molecule has 1 aromatic heterocycles. The Labute approximate surface area is 160 Å². The first-order valence-corrected chi connectivity index (χ1v) is 9.09. The Morgan fingerprint density at radius 1 is 1.15 bits per heavy atom. The lowest BCUT2D eigenvalue weighted by Crippen LogP contribution is -2.34. The SMILES string of the molecule is Cc1nc(-c2ccccc2)sc1C(=O)N(C)CC(=O)Nc1cccc(F)c1. The fourth-order valence-electron chi connectivity index (χ4n) is 2.53. The molecule has 2 amide bonds. The van der Waals surface area contributed by atoms with E-state index in [4.69, 9.17) is 0 Å². The van der Waals surface area contributed by atoms with Crippen LogP contribution in [0, 0.1) is 12.7 Å². The monoisotopic (exact) mass is 383 g/mol. The highest BCUT2D eigenvalue weighted by atomic mass is 32.1. The number of amides is 2. The third kappa shape index (κ3) is 4.57. The molecule has 27 heavy (non-hydrogen) atoms. The Kier molecular flexibility index (Phi) is 5.61. The summed E-state index contributed by atoms with van der Waals surface area (Å²) in [5.41, 5.74) is 1.92. The van der Waals surface area contributed by atoms with Crippen LogP contribution in [0.5, 0.6) is 0 Å². The van der Waals surface area contributed by atoms with Crippen molar-refractivity contribution in [1.82, 2.24) is 9.88 Å². The molecule has 0 saturated carbocycles. The summed E-state index contributed by atoms with van der Waals surface area (Å²) in [4.78, 5) is 31.1. The number of carbonyl (C=O) groups excluding carboxylic acids is 2. The zero-order valence-electron chi connectivity index (χ0n) is 14.9. The van der Waals surface area contributed by atoms with Crippen molar-refractivity contribution >= 4 is 28.8 Å². The summed E-state index contributed by atoms with van der Waals surface area (Å²) in [5.74, 6) is -1.12. The van der Waals surface area contributed by atoms with Gasteiger partial charge in [-0.3, -0.25) is 9.59 Å². The molecule has 0 aliphatic heterocycles. The van der Waals surface area contributed by atoms with Gasteiger partial charge >= 0.3 is 0 Å². The van der Waals surface area contributed by atoms with Gasteiger partial charge in [-0.05, 0) is 25.1 Å². The highest BCUT2D eigenvalue weighted by molar-refractivity contribution is 7.17. The van der Waals surface area contributed by atoms with Gasteiger partial charge in [0.25, 0.3) is 5.91 Å². The number of carbonyl (C=O) groups is 2. The molecule has 3 rings (SSSR count). The summed E-state index contributed by atoms with van der Waals surface area (Å²) in [6.45, 7) is 1.63. The highest BCUT2D eigenvalue weighted by Gasteiger charge is 2.21. The van der Waals surface area contributed by atoms with E-state index in [1.165, 1.54) is 34.4 Å². The first kappa shape index (κ1) is 18.7. The van der Waals surface area contributed by atoms with E-state index < -0.39 is 11.7 Å². The molecular formula is C20H18FN3O2S. The molecule has 0 aliphatic rings. The maximum Gasteiger partial charge on any atom is 0.266 e. The lowest BCUT2D eigenvalue weighted by atomic mass is 10.2. The lowest BCUT2D eigenvalue weighted by molar-refractivity contribution is -0.116. The van der Waals surface area contributed by atoms with Crippen molar-refractivity contribution in [3.63, 3.8) is 0 Å². The van der Waals surface area contributed by atoms with Crippen LogP contribution in [0.2, 0.25) is 0 Å². The molecule has 7 heteroatoms. The summed E-state index contributed by atoms with van der Waals surface area (Å²) in [6, 6.07) is 15.2. The van der Waals surface area contributed by atoms with Crippen LogP contribution in [0.15, 0.2) is 54.6 Å².